The molecule has 1 aliphatic rings. The van der Waals surface area contributed by atoms with E-state index in [0.717, 1.165) is 6.42 Å². The molecule has 1 aliphatic heterocycles. The lowest BCUT2D eigenvalue weighted by Crippen LogP contribution is -2.48. The quantitative estimate of drug-likeness (QED) is 0.911. The monoisotopic (exact) mass is 284 g/mol. The van der Waals surface area contributed by atoms with Crippen LogP contribution in [0.4, 0.5) is 5.69 Å². The minimum Gasteiger partial charge on any atom is -0.387 e. The number of rotatable bonds is 4. The minimum absolute atomic E-state index is 0.0799. The number of morpholine rings is 1. The lowest BCUT2D eigenvalue weighted by atomic mass is 10.2. The molecule has 106 valence electrons. The van der Waals surface area contributed by atoms with E-state index in [1.807, 2.05) is 13.0 Å². The second kappa shape index (κ2) is 5.90. The van der Waals surface area contributed by atoms with E-state index in [4.69, 9.17) is 4.74 Å². The molecule has 0 radical (unpaired) electrons. The van der Waals surface area contributed by atoms with Gasteiger partial charge in [-0.3, -0.25) is 0 Å². The Morgan fingerprint density at radius 3 is 2.84 bits per heavy atom. The van der Waals surface area contributed by atoms with E-state index < -0.39 is 10.0 Å². The van der Waals surface area contributed by atoms with Crippen molar-refractivity contribution in [3.8, 4) is 0 Å². The second-order valence-electron chi connectivity index (χ2n) is 4.50. The first-order valence-corrected chi connectivity index (χ1v) is 7.91. The van der Waals surface area contributed by atoms with Crippen molar-refractivity contribution in [1.29, 1.82) is 0 Å². The van der Waals surface area contributed by atoms with E-state index >= 15 is 0 Å². The van der Waals surface area contributed by atoms with E-state index in [1.165, 1.54) is 0 Å². The molecule has 1 N–H and O–H groups in total. The first kappa shape index (κ1) is 14.3. The highest BCUT2D eigenvalue weighted by molar-refractivity contribution is 7.89. The Hall–Kier alpha value is -1.11. The van der Waals surface area contributed by atoms with Gasteiger partial charge in [0.25, 0.3) is 0 Å². The smallest absolute Gasteiger partial charge is 0.245 e. The standard InChI is InChI=1S/C13H20N2O3S/c1-3-11-10-18-9-8-15(11)19(16,17)13-7-5-4-6-12(13)14-2/h4-7,11,14H,3,8-10H2,1-2H3. The van der Waals surface area contributed by atoms with Crippen molar-refractivity contribution in [2.75, 3.05) is 32.1 Å². The number of hydrogen-bond acceptors (Lipinski definition) is 4. The van der Waals surface area contributed by atoms with Crippen molar-refractivity contribution >= 4 is 15.7 Å². The summed E-state index contributed by atoms with van der Waals surface area (Å²) < 4.78 is 32.5. The van der Waals surface area contributed by atoms with Crippen LogP contribution in [0.3, 0.4) is 0 Å². The predicted octanol–water partition coefficient (Wildman–Crippen LogP) is 1.53. The van der Waals surface area contributed by atoms with Crippen LogP contribution in [0.5, 0.6) is 0 Å². The highest BCUT2D eigenvalue weighted by atomic mass is 32.2. The molecule has 0 saturated carbocycles. The first-order valence-electron chi connectivity index (χ1n) is 6.47. The maximum Gasteiger partial charge on any atom is 0.245 e. The van der Waals surface area contributed by atoms with Crippen molar-refractivity contribution in [2.24, 2.45) is 0 Å². The molecular weight excluding hydrogens is 264 g/mol. The molecular formula is C13H20N2O3S. The maximum atomic E-state index is 12.8. The van der Waals surface area contributed by atoms with Crippen LogP contribution in [0, 0.1) is 0 Å². The van der Waals surface area contributed by atoms with Gasteiger partial charge >= 0.3 is 0 Å². The molecule has 19 heavy (non-hydrogen) atoms. The fourth-order valence-electron chi connectivity index (χ4n) is 2.30. The summed E-state index contributed by atoms with van der Waals surface area (Å²) in [5.74, 6) is 0. The molecule has 1 atom stereocenters. The van der Waals surface area contributed by atoms with E-state index in [1.54, 1.807) is 29.6 Å². The molecule has 5 nitrogen and oxygen atoms in total. The number of nitrogens with one attached hydrogen (secondary N) is 1. The third-order valence-electron chi connectivity index (χ3n) is 3.39. The van der Waals surface area contributed by atoms with Gasteiger partial charge in [0.1, 0.15) is 4.90 Å². The number of sulfonamides is 1. The number of anilines is 1. The molecule has 1 aromatic rings. The van der Waals surface area contributed by atoms with E-state index in [2.05, 4.69) is 5.32 Å². The van der Waals surface area contributed by atoms with E-state index in [-0.39, 0.29) is 6.04 Å². The van der Waals surface area contributed by atoms with Gasteiger partial charge in [0, 0.05) is 19.6 Å². The molecule has 1 aromatic carbocycles. The van der Waals surface area contributed by atoms with Gasteiger partial charge in [0.15, 0.2) is 0 Å². The number of nitrogens with zero attached hydrogens (tertiary/aromatic N) is 1. The Balaban J connectivity index is 2.40. The van der Waals surface area contributed by atoms with E-state index in [9.17, 15) is 8.42 Å². The summed E-state index contributed by atoms with van der Waals surface area (Å²) in [6, 6.07) is 6.90. The Bertz CT molecular complexity index is 530. The Morgan fingerprint density at radius 2 is 2.16 bits per heavy atom. The van der Waals surface area contributed by atoms with Crippen LogP contribution in [0.25, 0.3) is 0 Å². The van der Waals surface area contributed by atoms with Gasteiger partial charge in [-0.15, -0.1) is 0 Å². The third-order valence-corrected chi connectivity index (χ3v) is 5.40. The molecule has 0 aliphatic carbocycles. The molecule has 6 heteroatoms. The maximum absolute atomic E-state index is 12.8. The third kappa shape index (κ3) is 2.75. The SMILES string of the molecule is CCC1COCCN1S(=O)(=O)c1ccccc1NC. The highest BCUT2D eigenvalue weighted by Gasteiger charge is 2.34. The molecule has 0 aromatic heterocycles. The summed E-state index contributed by atoms with van der Waals surface area (Å²) in [7, 11) is -1.75. The highest BCUT2D eigenvalue weighted by Crippen LogP contribution is 2.27. The molecule has 2 rings (SSSR count). The average Bonchev–Trinajstić information content (AvgIpc) is 2.47. The molecule has 1 fully saturated rings. The number of hydrogen-bond donors (Lipinski definition) is 1. The van der Waals surface area contributed by atoms with E-state index in [0.29, 0.717) is 30.3 Å². The molecule has 0 amide bonds. The first-order chi connectivity index (χ1) is 9.11. The molecule has 1 heterocycles. The number of benzene rings is 1. The normalized spacial score (nSPS) is 21.3. The minimum atomic E-state index is -3.48. The van der Waals surface area contributed by atoms with Gasteiger partial charge in [0.05, 0.1) is 18.9 Å². The fraction of sp³-hybridized carbons (Fsp3) is 0.538. The van der Waals surface area contributed by atoms with Crippen molar-refractivity contribution in [3.05, 3.63) is 24.3 Å². The number of para-hydroxylation sites is 1. The molecule has 0 spiro atoms. The zero-order valence-corrected chi connectivity index (χ0v) is 12.1. The topological polar surface area (TPSA) is 58.6 Å². The van der Waals surface area contributed by atoms with Gasteiger partial charge in [-0.05, 0) is 18.6 Å². The average molecular weight is 284 g/mol. The fourth-order valence-corrected chi connectivity index (χ4v) is 4.17. The van der Waals surface area contributed by atoms with Crippen molar-refractivity contribution in [1.82, 2.24) is 4.31 Å². The summed E-state index contributed by atoms with van der Waals surface area (Å²) in [5, 5.41) is 2.94. The van der Waals surface area contributed by atoms with Gasteiger partial charge in [0.2, 0.25) is 10.0 Å². The summed E-state index contributed by atoms with van der Waals surface area (Å²) in [4.78, 5) is 0.331. The Kier molecular flexibility index (Phi) is 4.44. The van der Waals surface area contributed by atoms with Crippen LogP contribution in [0.2, 0.25) is 0 Å². The van der Waals surface area contributed by atoms with Gasteiger partial charge in [-0.1, -0.05) is 19.1 Å². The largest absolute Gasteiger partial charge is 0.387 e. The summed E-state index contributed by atoms with van der Waals surface area (Å²) in [6.07, 6.45) is 0.751. The summed E-state index contributed by atoms with van der Waals surface area (Å²) >= 11 is 0. The van der Waals surface area contributed by atoms with Crippen LogP contribution in [0.15, 0.2) is 29.2 Å². The Labute approximate surface area is 114 Å². The van der Waals surface area contributed by atoms with Crippen molar-refractivity contribution in [3.63, 3.8) is 0 Å². The molecule has 0 bridgehead atoms. The van der Waals surface area contributed by atoms with Crippen LogP contribution in [0.1, 0.15) is 13.3 Å². The lowest BCUT2D eigenvalue weighted by Gasteiger charge is -2.34. The zero-order chi connectivity index (χ0) is 13.9. The van der Waals surface area contributed by atoms with Crippen LogP contribution in [-0.4, -0.2) is 45.6 Å². The van der Waals surface area contributed by atoms with Crippen molar-refractivity contribution < 1.29 is 13.2 Å². The van der Waals surface area contributed by atoms with Crippen molar-refractivity contribution in [2.45, 2.75) is 24.3 Å². The molecule has 1 saturated heterocycles. The van der Waals surface area contributed by atoms with Crippen LogP contribution < -0.4 is 5.32 Å². The van der Waals surface area contributed by atoms with Gasteiger partial charge in [-0.25, -0.2) is 8.42 Å². The Morgan fingerprint density at radius 1 is 1.42 bits per heavy atom. The molecule has 1 unspecified atom stereocenters. The summed E-state index contributed by atoms with van der Waals surface area (Å²) in [5.41, 5.74) is 0.629. The van der Waals surface area contributed by atoms with Gasteiger partial charge < -0.3 is 10.1 Å². The second-order valence-corrected chi connectivity index (χ2v) is 6.36. The summed E-state index contributed by atoms with van der Waals surface area (Å²) in [6.45, 7) is 3.32. The predicted molar refractivity (Wildman–Crippen MR) is 74.8 cm³/mol. The van der Waals surface area contributed by atoms with Crippen LogP contribution >= 0.6 is 0 Å². The number of ether oxygens (including phenoxy) is 1. The zero-order valence-electron chi connectivity index (χ0n) is 11.3. The van der Waals surface area contributed by atoms with Gasteiger partial charge in [-0.2, -0.15) is 4.31 Å². The van der Waals surface area contributed by atoms with Crippen LogP contribution in [-0.2, 0) is 14.8 Å². The lowest BCUT2D eigenvalue weighted by molar-refractivity contribution is 0.0314.